The summed E-state index contributed by atoms with van der Waals surface area (Å²) < 4.78 is 18.2. The third kappa shape index (κ3) is 3.29. The summed E-state index contributed by atoms with van der Waals surface area (Å²) in [5, 5.41) is 0. The highest BCUT2D eigenvalue weighted by Crippen LogP contribution is 2.21. The largest absolute Gasteiger partial charge is 0.382 e. The van der Waals surface area contributed by atoms with Crippen molar-refractivity contribution in [3.8, 4) is 0 Å². The van der Waals surface area contributed by atoms with Crippen LogP contribution < -0.4 is 5.73 Å². The van der Waals surface area contributed by atoms with Crippen molar-refractivity contribution in [3.63, 3.8) is 0 Å². The van der Waals surface area contributed by atoms with Gasteiger partial charge in [-0.25, -0.2) is 4.39 Å². The smallest absolute Gasteiger partial charge is 0.123 e. The van der Waals surface area contributed by atoms with E-state index < -0.39 is 0 Å². The average molecular weight is 211 g/mol. The molecule has 1 rings (SSSR count). The molecule has 0 spiro atoms. The van der Waals surface area contributed by atoms with E-state index >= 15 is 0 Å². The Bertz CT molecular complexity index is 327. The van der Waals surface area contributed by atoms with Crippen LogP contribution in [0.4, 0.5) is 4.39 Å². The van der Waals surface area contributed by atoms with Gasteiger partial charge in [-0.05, 0) is 43.5 Å². The minimum Gasteiger partial charge on any atom is -0.382 e. The van der Waals surface area contributed by atoms with Crippen LogP contribution in [0.5, 0.6) is 0 Å². The number of hydrogen-bond donors (Lipinski definition) is 1. The van der Waals surface area contributed by atoms with Crippen LogP contribution in [0.15, 0.2) is 18.2 Å². The minimum absolute atomic E-state index is 0.0858. The number of rotatable bonds is 4. The van der Waals surface area contributed by atoms with E-state index in [4.69, 9.17) is 10.5 Å². The van der Waals surface area contributed by atoms with Gasteiger partial charge in [-0.3, -0.25) is 0 Å². The van der Waals surface area contributed by atoms with Gasteiger partial charge < -0.3 is 10.5 Å². The number of benzene rings is 1. The zero-order valence-electron chi connectivity index (χ0n) is 9.46. The highest BCUT2D eigenvalue weighted by molar-refractivity contribution is 5.29. The Labute approximate surface area is 90.2 Å². The van der Waals surface area contributed by atoms with Crippen LogP contribution in [0.3, 0.4) is 0 Å². The molecule has 0 fully saturated rings. The number of hydrogen-bond acceptors (Lipinski definition) is 2. The molecule has 15 heavy (non-hydrogen) atoms. The molecule has 0 aromatic heterocycles. The van der Waals surface area contributed by atoms with Gasteiger partial charge in [-0.1, -0.05) is 6.07 Å². The molecular weight excluding hydrogens is 193 g/mol. The van der Waals surface area contributed by atoms with Gasteiger partial charge in [0.15, 0.2) is 0 Å². The maximum atomic E-state index is 13.0. The molecule has 2 nitrogen and oxygen atoms in total. The molecule has 0 heterocycles. The molecule has 0 aliphatic carbocycles. The molecule has 1 aromatic rings. The molecular formula is C12H18FNO. The zero-order valence-corrected chi connectivity index (χ0v) is 9.46. The van der Waals surface area contributed by atoms with E-state index in [9.17, 15) is 4.39 Å². The van der Waals surface area contributed by atoms with Gasteiger partial charge in [0, 0.05) is 13.2 Å². The zero-order chi connectivity index (χ0) is 11.4. The Morgan fingerprint density at radius 1 is 1.47 bits per heavy atom. The van der Waals surface area contributed by atoms with E-state index in [-0.39, 0.29) is 18.0 Å². The third-order valence-corrected chi connectivity index (χ3v) is 2.63. The summed E-state index contributed by atoms with van der Waals surface area (Å²) in [4.78, 5) is 0. The van der Waals surface area contributed by atoms with E-state index in [1.54, 1.807) is 13.2 Å². The van der Waals surface area contributed by atoms with Gasteiger partial charge in [-0.15, -0.1) is 0 Å². The number of methoxy groups -OCH3 is 1. The van der Waals surface area contributed by atoms with E-state index in [1.807, 2.05) is 13.8 Å². The number of ether oxygens (including phenoxy) is 1. The molecule has 2 N–H and O–H groups in total. The molecule has 2 unspecified atom stereocenters. The number of nitrogens with two attached hydrogens (primary N) is 1. The lowest BCUT2D eigenvalue weighted by molar-refractivity contribution is 0.104. The SMILES string of the molecule is COC(C)CC(N)c1cc(F)ccc1C. The molecule has 3 heteroatoms. The van der Waals surface area contributed by atoms with Crippen LogP contribution in [0.1, 0.15) is 30.5 Å². The third-order valence-electron chi connectivity index (χ3n) is 2.63. The quantitative estimate of drug-likeness (QED) is 0.830. The van der Waals surface area contributed by atoms with Crippen molar-refractivity contribution in [2.75, 3.05) is 7.11 Å². The molecule has 0 bridgehead atoms. The second-order valence-electron chi connectivity index (χ2n) is 3.89. The summed E-state index contributed by atoms with van der Waals surface area (Å²) >= 11 is 0. The molecule has 2 atom stereocenters. The molecule has 84 valence electrons. The van der Waals surface area contributed by atoms with Gasteiger partial charge in [0.25, 0.3) is 0 Å². The highest BCUT2D eigenvalue weighted by Gasteiger charge is 2.13. The monoisotopic (exact) mass is 211 g/mol. The van der Waals surface area contributed by atoms with Crippen molar-refractivity contribution in [1.29, 1.82) is 0 Å². The average Bonchev–Trinajstić information content (AvgIpc) is 2.21. The van der Waals surface area contributed by atoms with Gasteiger partial charge in [-0.2, -0.15) is 0 Å². The molecule has 0 saturated carbocycles. The van der Waals surface area contributed by atoms with Crippen LogP contribution in [0.2, 0.25) is 0 Å². The highest BCUT2D eigenvalue weighted by atomic mass is 19.1. The van der Waals surface area contributed by atoms with E-state index in [0.717, 1.165) is 11.1 Å². The topological polar surface area (TPSA) is 35.2 Å². The summed E-state index contributed by atoms with van der Waals surface area (Å²) in [5.74, 6) is -0.240. The van der Waals surface area contributed by atoms with Crippen LogP contribution in [-0.2, 0) is 4.74 Å². The maximum Gasteiger partial charge on any atom is 0.123 e. The van der Waals surface area contributed by atoms with Gasteiger partial charge in [0.1, 0.15) is 5.82 Å². The van der Waals surface area contributed by atoms with Crippen molar-refractivity contribution in [3.05, 3.63) is 35.1 Å². The van der Waals surface area contributed by atoms with E-state index in [1.165, 1.54) is 12.1 Å². The first-order valence-electron chi connectivity index (χ1n) is 5.09. The van der Waals surface area contributed by atoms with Crippen LogP contribution in [-0.4, -0.2) is 13.2 Å². The van der Waals surface area contributed by atoms with E-state index in [2.05, 4.69) is 0 Å². The first kappa shape index (κ1) is 12.1. The van der Waals surface area contributed by atoms with Crippen LogP contribution in [0, 0.1) is 12.7 Å². The Kier molecular flexibility index (Phi) is 4.24. The lowest BCUT2D eigenvalue weighted by Crippen LogP contribution is -2.19. The lowest BCUT2D eigenvalue weighted by atomic mass is 9.97. The lowest BCUT2D eigenvalue weighted by Gasteiger charge is -2.18. The molecule has 0 saturated heterocycles. The Morgan fingerprint density at radius 2 is 2.13 bits per heavy atom. The standard InChI is InChI=1S/C12H18FNO/c1-8-4-5-10(13)7-11(8)12(14)6-9(2)15-3/h4-5,7,9,12H,6,14H2,1-3H3. The Morgan fingerprint density at radius 3 is 2.73 bits per heavy atom. The summed E-state index contributed by atoms with van der Waals surface area (Å²) in [7, 11) is 1.65. The Balaban J connectivity index is 2.80. The van der Waals surface area contributed by atoms with Crippen molar-refractivity contribution in [1.82, 2.24) is 0 Å². The molecule has 0 aliphatic rings. The second kappa shape index (κ2) is 5.24. The summed E-state index contributed by atoms with van der Waals surface area (Å²) in [5.41, 5.74) is 7.88. The van der Waals surface area contributed by atoms with Crippen LogP contribution in [0.25, 0.3) is 0 Å². The van der Waals surface area contributed by atoms with Crippen molar-refractivity contribution in [2.45, 2.75) is 32.4 Å². The van der Waals surface area contributed by atoms with Crippen molar-refractivity contribution >= 4 is 0 Å². The van der Waals surface area contributed by atoms with Gasteiger partial charge in [0.2, 0.25) is 0 Å². The molecule has 0 radical (unpaired) electrons. The maximum absolute atomic E-state index is 13.0. The first-order valence-corrected chi connectivity index (χ1v) is 5.09. The minimum atomic E-state index is -0.240. The Hall–Kier alpha value is -0.930. The normalized spacial score (nSPS) is 15.0. The van der Waals surface area contributed by atoms with Crippen LogP contribution >= 0.6 is 0 Å². The number of halogens is 1. The summed E-state index contributed by atoms with van der Waals surface area (Å²) in [6.07, 6.45) is 0.781. The predicted molar refractivity (Wildman–Crippen MR) is 59.2 cm³/mol. The van der Waals surface area contributed by atoms with Gasteiger partial charge >= 0.3 is 0 Å². The first-order chi connectivity index (χ1) is 7.04. The van der Waals surface area contributed by atoms with Crippen molar-refractivity contribution in [2.24, 2.45) is 5.73 Å². The predicted octanol–water partition coefficient (Wildman–Crippen LogP) is 2.56. The van der Waals surface area contributed by atoms with Gasteiger partial charge in [0.05, 0.1) is 6.10 Å². The fourth-order valence-corrected chi connectivity index (χ4v) is 1.59. The fraction of sp³-hybridized carbons (Fsp3) is 0.500. The fourth-order valence-electron chi connectivity index (χ4n) is 1.59. The summed E-state index contributed by atoms with van der Waals surface area (Å²) in [6.45, 7) is 3.89. The molecule has 0 amide bonds. The molecule has 1 aromatic carbocycles. The second-order valence-corrected chi connectivity index (χ2v) is 3.89. The van der Waals surface area contributed by atoms with E-state index in [0.29, 0.717) is 6.42 Å². The number of aryl methyl sites for hydroxylation is 1. The van der Waals surface area contributed by atoms with Crippen molar-refractivity contribution < 1.29 is 9.13 Å². The molecule has 0 aliphatic heterocycles. The summed E-state index contributed by atoms with van der Waals surface area (Å²) in [6, 6.07) is 4.53.